The Balaban J connectivity index is 2.52. The number of methoxy groups -OCH3 is 2. The average molecular weight is 325 g/mol. The molecule has 1 saturated heterocycles. The van der Waals surface area contributed by atoms with Gasteiger partial charge in [-0.1, -0.05) is 31.6 Å². The van der Waals surface area contributed by atoms with E-state index >= 15 is 0 Å². The molecule has 1 fully saturated rings. The molecule has 0 saturated carbocycles. The third kappa shape index (κ3) is 6.40. The lowest BCUT2D eigenvalue weighted by atomic mass is 9.90. The van der Waals surface area contributed by atoms with Crippen LogP contribution in [0.2, 0.25) is 0 Å². The lowest BCUT2D eigenvalue weighted by Crippen LogP contribution is -2.40. The minimum atomic E-state index is -0.529. The summed E-state index contributed by atoms with van der Waals surface area (Å²) in [5.74, 6) is -0.203. The van der Waals surface area contributed by atoms with Crippen LogP contribution in [0.25, 0.3) is 0 Å². The lowest BCUT2D eigenvalue weighted by Gasteiger charge is -2.36. The van der Waals surface area contributed by atoms with Crippen LogP contribution in [0.1, 0.15) is 65.7 Å². The molecule has 0 aromatic rings. The average Bonchev–Trinajstić information content (AvgIpc) is 2.73. The van der Waals surface area contributed by atoms with Crippen LogP contribution in [0, 0.1) is 5.92 Å². The Labute approximate surface area is 143 Å². The van der Waals surface area contributed by atoms with Gasteiger partial charge in [0, 0.05) is 33.2 Å². The third-order valence-corrected chi connectivity index (χ3v) is 5.01. The summed E-state index contributed by atoms with van der Waals surface area (Å²) in [7, 11) is 3.49. The SMILES string of the molecule is C=C1CCCCOC1CCCC(C)C(CC=C(C)C)(OC)OC. The molecule has 0 aromatic heterocycles. The molecule has 1 heterocycles. The zero-order valence-electron chi connectivity index (χ0n) is 15.8. The second-order valence-electron chi connectivity index (χ2n) is 7.01. The van der Waals surface area contributed by atoms with Crippen molar-refractivity contribution in [3.63, 3.8) is 0 Å². The predicted molar refractivity (Wildman–Crippen MR) is 96.5 cm³/mol. The lowest BCUT2D eigenvalue weighted by molar-refractivity contribution is -0.235. The van der Waals surface area contributed by atoms with Crippen molar-refractivity contribution in [2.45, 2.75) is 77.6 Å². The van der Waals surface area contributed by atoms with Gasteiger partial charge in [-0.2, -0.15) is 0 Å². The summed E-state index contributed by atoms with van der Waals surface area (Å²) in [4.78, 5) is 0. The Bertz CT molecular complexity index is 378. The van der Waals surface area contributed by atoms with E-state index in [1.54, 1.807) is 14.2 Å². The number of ether oxygens (including phenoxy) is 3. The molecule has 0 bridgehead atoms. The summed E-state index contributed by atoms with van der Waals surface area (Å²) < 4.78 is 17.5. The second kappa shape index (κ2) is 10.3. The van der Waals surface area contributed by atoms with Crippen molar-refractivity contribution in [1.29, 1.82) is 0 Å². The van der Waals surface area contributed by atoms with E-state index in [9.17, 15) is 0 Å². The van der Waals surface area contributed by atoms with Crippen LogP contribution in [0.5, 0.6) is 0 Å². The van der Waals surface area contributed by atoms with Crippen LogP contribution in [0.15, 0.2) is 23.8 Å². The molecule has 1 aliphatic rings. The fourth-order valence-electron chi connectivity index (χ4n) is 3.28. The van der Waals surface area contributed by atoms with Gasteiger partial charge in [-0.25, -0.2) is 0 Å². The van der Waals surface area contributed by atoms with Crippen LogP contribution in [0.3, 0.4) is 0 Å². The minimum Gasteiger partial charge on any atom is -0.374 e. The van der Waals surface area contributed by atoms with E-state index in [1.807, 2.05) is 0 Å². The first-order chi connectivity index (χ1) is 10.9. The first-order valence-electron chi connectivity index (χ1n) is 8.98. The van der Waals surface area contributed by atoms with E-state index in [1.165, 1.54) is 17.6 Å². The van der Waals surface area contributed by atoms with Crippen molar-refractivity contribution < 1.29 is 14.2 Å². The predicted octanol–water partition coefficient (Wildman–Crippen LogP) is 5.26. The summed E-state index contributed by atoms with van der Waals surface area (Å²) in [6, 6.07) is 0. The van der Waals surface area contributed by atoms with Gasteiger partial charge in [0.2, 0.25) is 0 Å². The zero-order chi connectivity index (χ0) is 17.3. The topological polar surface area (TPSA) is 27.7 Å². The molecule has 0 radical (unpaired) electrons. The van der Waals surface area contributed by atoms with Gasteiger partial charge in [0.1, 0.15) is 0 Å². The molecular formula is C20H36O3. The maximum absolute atomic E-state index is 5.94. The van der Waals surface area contributed by atoms with Gasteiger partial charge in [-0.15, -0.1) is 0 Å². The Morgan fingerprint density at radius 3 is 2.65 bits per heavy atom. The van der Waals surface area contributed by atoms with Crippen molar-refractivity contribution >= 4 is 0 Å². The molecular weight excluding hydrogens is 288 g/mol. The maximum atomic E-state index is 5.94. The second-order valence-corrected chi connectivity index (χ2v) is 7.01. The summed E-state index contributed by atoms with van der Waals surface area (Å²) >= 11 is 0. The maximum Gasteiger partial charge on any atom is 0.173 e. The van der Waals surface area contributed by atoms with Gasteiger partial charge in [-0.3, -0.25) is 0 Å². The van der Waals surface area contributed by atoms with Crippen LogP contribution >= 0.6 is 0 Å². The first kappa shape index (κ1) is 20.4. The van der Waals surface area contributed by atoms with E-state index < -0.39 is 5.79 Å². The van der Waals surface area contributed by atoms with Crippen molar-refractivity contribution in [3.8, 4) is 0 Å². The Morgan fingerprint density at radius 2 is 2.04 bits per heavy atom. The summed E-state index contributed by atoms with van der Waals surface area (Å²) in [6.45, 7) is 11.5. The molecule has 1 rings (SSSR count). The molecule has 3 nitrogen and oxygen atoms in total. The van der Waals surface area contributed by atoms with Crippen molar-refractivity contribution in [2.24, 2.45) is 5.92 Å². The largest absolute Gasteiger partial charge is 0.374 e. The van der Waals surface area contributed by atoms with Crippen LogP contribution < -0.4 is 0 Å². The van der Waals surface area contributed by atoms with Crippen LogP contribution in [0.4, 0.5) is 0 Å². The molecule has 0 amide bonds. The molecule has 23 heavy (non-hydrogen) atoms. The third-order valence-electron chi connectivity index (χ3n) is 5.01. The molecule has 0 spiro atoms. The van der Waals surface area contributed by atoms with E-state index in [0.29, 0.717) is 5.92 Å². The number of hydrogen-bond acceptors (Lipinski definition) is 3. The summed E-state index contributed by atoms with van der Waals surface area (Å²) in [5.41, 5.74) is 2.56. The van der Waals surface area contributed by atoms with Gasteiger partial charge in [0.25, 0.3) is 0 Å². The van der Waals surface area contributed by atoms with Crippen molar-refractivity contribution in [1.82, 2.24) is 0 Å². The quantitative estimate of drug-likeness (QED) is 0.427. The smallest absolute Gasteiger partial charge is 0.173 e. The van der Waals surface area contributed by atoms with Gasteiger partial charge in [0.05, 0.1) is 6.10 Å². The minimum absolute atomic E-state index is 0.238. The molecule has 1 aliphatic heterocycles. The van der Waals surface area contributed by atoms with E-state index in [0.717, 1.165) is 45.1 Å². The Kier molecular flexibility index (Phi) is 9.11. The fraction of sp³-hybridized carbons (Fsp3) is 0.800. The summed E-state index contributed by atoms with van der Waals surface area (Å²) in [6.07, 6.45) is 9.92. The van der Waals surface area contributed by atoms with Crippen molar-refractivity contribution in [3.05, 3.63) is 23.8 Å². The molecule has 0 aliphatic carbocycles. The normalized spacial score (nSPS) is 20.9. The highest BCUT2D eigenvalue weighted by Gasteiger charge is 2.35. The molecule has 134 valence electrons. The standard InChI is InChI=1S/C20H36O3/c1-16(2)13-14-20(21-5,22-6)18(4)11-9-12-19-17(3)10-7-8-15-23-19/h13,18-19H,3,7-12,14-15H2,1-2,4-6H3. The van der Waals surface area contributed by atoms with Crippen LogP contribution in [-0.2, 0) is 14.2 Å². The molecule has 2 unspecified atom stereocenters. The Morgan fingerprint density at radius 1 is 1.35 bits per heavy atom. The monoisotopic (exact) mass is 324 g/mol. The highest BCUT2D eigenvalue weighted by Crippen LogP contribution is 2.32. The van der Waals surface area contributed by atoms with Gasteiger partial charge in [0.15, 0.2) is 5.79 Å². The van der Waals surface area contributed by atoms with Gasteiger partial charge in [-0.05, 0) is 51.5 Å². The molecule has 3 heteroatoms. The number of hydrogen-bond donors (Lipinski definition) is 0. The molecule has 0 N–H and O–H groups in total. The van der Waals surface area contributed by atoms with Crippen molar-refractivity contribution in [2.75, 3.05) is 20.8 Å². The Hall–Kier alpha value is -0.640. The first-order valence-corrected chi connectivity index (χ1v) is 8.98. The van der Waals surface area contributed by atoms with Gasteiger partial charge < -0.3 is 14.2 Å². The van der Waals surface area contributed by atoms with E-state index in [-0.39, 0.29) is 6.10 Å². The number of rotatable bonds is 9. The zero-order valence-corrected chi connectivity index (χ0v) is 15.8. The van der Waals surface area contributed by atoms with E-state index in [2.05, 4.69) is 33.4 Å². The molecule has 2 atom stereocenters. The highest BCUT2D eigenvalue weighted by molar-refractivity contribution is 5.03. The van der Waals surface area contributed by atoms with Gasteiger partial charge >= 0.3 is 0 Å². The summed E-state index contributed by atoms with van der Waals surface area (Å²) in [5, 5.41) is 0. The highest BCUT2D eigenvalue weighted by atomic mass is 16.7. The number of allylic oxidation sites excluding steroid dienone is 1. The van der Waals surface area contributed by atoms with E-state index in [4.69, 9.17) is 14.2 Å². The molecule has 0 aromatic carbocycles. The fourth-order valence-corrected chi connectivity index (χ4v) is 3.28. The van der Waals surface area contributed by atoms with Crippen LogP contribution in [-0.4, -0.2) is 32.7 Å².